The van der Waals surface area contributed by atoms with Gasteiger partial charge in [-0.1, -0.05) is 47.5 Å². The number of hydrogen-bond acceptors (Lipinski definition) is 5. The maximum Gasteiger partial charge on any atom is 0.316 e. The van der Waals surface area contributed by atoms with Gasteiger partial charge in [-0.25, -0.2) is 4.90 Å². The Labute approximate surface area is 205 Å². The maximum absolute atomic E-state index is 12.9. The fourth-order valence-electron chi connectivity index (χ4n) is 4.74. The molecule has 2 saturated heterocycles. The van der Waals surface area contributed by atoms with Crippen LogP contribution >= 0.6 is 23.2 Å². The van der Waals surface area contributed by atoms with Crippen LogP contribution in [0.5, 0.6) is 5.75 Å². The van der Waals surface area contributed by atoms with Crippen LogP contribution < -0.4 is 14.5 Å². The normalized spacial score (nSPS) is 24.1. The number of halogens is 2. The first-order chi connectivity index (χ1) is 16.3. The molecule has 0 bridgehead atoms. The standard InChI is InChI=1S/C25H20Cl2N2O5/c26-19-9-4-10-20(22(19)27)28-13-14(11-21(28)30)25(33)34-16-6-3-5-15(12-16)29-23(31)17-7-1-2-8-18(17)24(29)32/h1-6,9-10,12,14,17-18H,7-8,11,13H2/t14-,17-,18+/m0/s1. The number of esters is 1. The number of fused-ring (bicyclic) bond motifs is 1. The third kappa shape index (κ3) is 3.89. The topological polar surface area (TPSA) is 84.0 Å². The average molecular weight is 499 g/mol. The smallest absolute Gasteiger partial charge is 0.316 e. The van der Waals surface area contributed by atoms with Crippen LogP contribution in [0.3, 0.4) is 0 Å². The molecule has 2 aromatic carbocycles. The van der Waals surface area contributed by atoms with E-state index in [0.29, 0.717) is 29.2 Å². The summed E-state index contributed by atoms with van der Waals surface area (Å²) < 4.78 is 5.54. The first kappa shape index (κ1) is 22.6. The predicted molar refractivity (Wildman–Crippen MR) is 127 cm³/mol. The van der Waals surface area contributed by atoms with Crippen LogP contribution in [0.25, 0.3) is 0 Å². The van der Waals surface area contributed by atoms with Gasteiger partial charge in [-0.15, -0.1) is 0 Å². The number of anilines is 2. The van der Waals surface area contributed by atoms with Crippen LogP contribution in [0.4, 0.5) is 11.4 Å². The number of nitrogens with zero attached hydrogens (tertiary/aromatic N) is 2. The second-order valence-electron chi connectivity index (χ2n) is 8.56. The molecule has 174 valence electrons. The van der Waals surface area contributed by atoms with Crippen molar-refractivity contribution in [1.82, 2.24) is 0 Å². The van der Waals surface area contributed by atoms with Crippen molar-refractivity contribution in [1.29, 1.82) is 0 Å². The van der Waals surface area contributed by atoms with Crippen LogP contribution in [0.15, 0.2) is 54.6 Å². The van der Waals surface area contributed by atoms with Crippen molar-refractivity contribution in [3.8, 4) is 5.75 Å². The molecule has 0 aromatic heterocycles. The van der Waals surface area contributed by atoms with E-state index >= 15 is 0 Å². The zero-order valence-corrected chi connectivity index (χ0v) is 19.5. The summed E-state index contributed by atoms with van der Waals surface area (Å²) in [5.41, 5.74) is 0.808. The Hall–Kier alpha value is -3.16. The quantitative estimate of drug-likeness (QED) is 0.270. The molecule has 0 N–H and O–H groups in total. The van der Waals surface area contributed by atoms with E-state index in [1.165, 1.54) is 15.9 Å². The van der Waals surface area contributed by atoms with Gasteiger partial charge in [0.25, 0.3) is 0 Å². The van der Waals surface area contributed by atoms with Crippen molar-refractivity contribution >= 4 is 58.3 Å². The van der Waals surface area contributed by atoms with Crippen LogP contribution in [0, 0.1) is 17.8 Å². The number of ether oxygens (including phenoxy) is 1. The Morgan fingerprint density at radius 2 is 1.62 bits per heavy atom. The molecule has 0 saturated carbocycles. The largest absolute Gasteiger partial charge is 0.426 e. The molecule has 0 unspecified atom stereocenters. The summed E-state index contributed by atoms with van der Waals surface area (Å²) in [6.45, 7) is 0.108. The Balaban J connectivity index is 1.30. The van der Waals surface area contributed by atoms with Gasteiger partial charge in [-0.05, 0) is 37.1 Å². The van der Waals surface area contributed by atoms with Crippen molar-refractivity contribution in [2.45, 2.75) is 19.3 Å². The van der Waals surface area contributed by atoms with Crippen molar-refractivity contribution in [3.63, 3.8) is 0 Å². The van der Waals surface area contributed by atoms with Crippen molar-refractivity contribution in [2.75, 3.05) is 16.3 Å². The summed E-state index contributed by atoms with van der Waals surface area (Å²) in [5, 5.41) is 0.561. The van der Waals surface area contributed by atoms with E-state index in [9.17, 15) is 19.2 Å². The second-order valence-corrected chi connectivity index (χ2v) is 9.35. The molecular formula is C25H20Cl2N2O5. The minimum absolute atomic E-state index is 0.0270. The first-order valence-corrected chi connectivity index (χ1v) is 11.7. The van der Waals surface area contributed by atoms with Crippen molar-refractivity contribution in [3.05, 3.63) is 64.7 Å². The van der Waals surface area contributed by atoms with Crippen molar-refractivity contribution in [2.24, 2.45) is 17.8 Å². The number of amides is 3. The fraction of sp³-hybridized carbons (Fsp3) is 0.280. The van der Waals surface area contributed by atoms with Gasteiger partial charge in [-0.2, -0.15) is 0 Å². The highest BCUT2D eigenvalue weighted by Crippen LogP contribution is 2.39. The lowest BCUT2D eigenvalue weighted by Gasteiger charge is -2.18. The lowest BCUT2D eigenvalue weighted by molar-refractivity contribution is -0.139. The molecule has 9 heteroatoms. The van der Waals surface area contributed by atoms with Gasteiger partial charge in [0.1, 0.15) is 5.75 Å². The van der Waals surface area contributed by atoms with E-state index in [4.69, 9.17) is 27.9 Å². The fourth-order valence-corrected chi connectivity index (χ4v) is 5.14. The van der Waals surface area contributed by atoms with Gasteiger partial charge >= 0.3 is 5.97 Å². The summed E-state index contributed by atoms with van der Waals surface area (Å²) in [7, 11) is 0. The Morgan fingerprint density at radius 1 is 0.941 bits per heavy atom. The molecule has 0 spiro atoms. The molecule has 0 radical (unpaired) electrons. The molecule has 1 aliphatic carbocycles. The molecule has 2 fully saturated rings. The number of imide groups is 1. The van der Waals surface area contributed by atoms with Gasteiger partial charge in [0.15, 0.2) is 0 Å². The Bertz CT molecular complexity index is 1220. The number of rotatable bonds is 4. The minimum Gasteiger partial charge on any atom is -0.426 e. The van der Waals surface area contributed by atoms with Crippen LogP contribution in [0.2, 0.25) is 10.0 Å². The lowest BCUT2D eigenvalue weighted by atomic mass is 9.85. The maximum atomic E-state index is 12.9. The van der Waals surface area contributed by atoms with E-state index in [0.717, 1.165) is 0 Å². The van der Waals surface area contributed by atoms with Gasteiger partial charge < -0.3 is 9.64 Å². The first-order valence-electron chi connectivity index (χ1n) is 10.9. The number of hydrogen-bond donors (Lipinski definition) is 0. The van der Waals surface area contributed by atoms with Crippen LogP contribution in [-0.2, 0) is 19.2 Å². The van der Waals surface area contributed by atoms with Gasteiger partial charge in [0.05, 0.1) is 39.2 Å². The summed E-state index contributed by atoms with van der Waals surface area (Å²) in [6, 6.07) is 11.3. The van der Waals surface area contributed by atoms with E-state index < -0.39 is 11.9 Å². The molecule has 7 nitrogen and oxygen atoms in total. The zero-order chi connectivity index (χ0) is 24.0. The predicted octanol–water partition coefficient (Wildman–Crippen LogP) is 4.41. The monoisotopic (exact) mass is 498 g/mol. The van der Waals surface area contributed by atoms with E-state index in [-0.39, 0.29) is 53.3 Å². The third-order valence-corrected chi connectivity index (χ3v) is 7.29. The van der Waals surface area contributed by atoms with Crippen LogP contribution in [0.1, 0.15) is 19.3 Å². The number of carbonyl (C=O) groups is 4. The number of carbonyl (C=O) groups excluding carboxylic acids is 4. The molecule has 2 aliphatic heterocycles. The van der Waals surface area contributed by atoms with E-state index in [1.54, 1.807) is 36.4 Å². The Morgan fingerprint density at radius 3 is 2.32 bits per heavy atom. The van der Waals surface area contributed by atoms with Crippen molar-refractivity contribution < 1.29 is 23.9 Å². The van der Waals surface area contributed by atoms with Gasteiger partial charge in [0, 0.05) is 19.0 Å². The van der Waals surface area contributed by atoms with E-state index in [2.05, 4.69) is 0 Å². The summed E-state index contributed by atoms with van der Waals surface area (Å²) in [4.78, 5) is 53.7. The number of benzene rings is 2. The number of allylic oxidation sites excluding steroid dienone is 2. The Kier molecular flexibility index (Phi) is 5.91. The second kappa shape index (κ2) is 8.89. The lowest BCUT2D eigenvalue weighted by Crippen LogP contribution is -2.31. The average Bonchev–Trinajstić information content (AvgIpc) is 3.33. The molecule has 2 heterocycles. The molecule has 3 amide bonds. The SMILES string of the molecule is O=C(Oc1cccc(N2C(=O)[C@H]3CC=CC[C@H]3C2=O)c1)[C@H]1CC(=O)N(c2cccc(Cl)c2Cl)C1. The van der Waals surface area contributed by atoms with Gasteiger partial charge in [-0.3, -0.25) is 19.2 Å². The summed E-state index contributed by atoms with van der Waals surface area (Å²) in [6.07, 6.45) is 4.92. The highest BCUT2D eigenvalue weighted by atomic mass is 35.5. The minimum atomic E-state index is -0.699. The molecule has 34 heavy (non-hydrogen) atoms. The summed E-state index contributed by atoms with van der Waals surface area (Å²) in [5.74, 6) is -2.52. The van der Waals surface area contributed by atoms with Gasteiger partial charge in [0.2, 0.25) is 17.7 Å². The molecule has 5 rings (SSSR count). The molecule has 3 aliphatic rings. The van der Waals surface area contributed by atoms with Crippen LogP contribution in [-0.4, -0.2) is 30.2 Å². The molecule has 3 atom stereocenters. The zero-order valence-electron chi connectivity index (χ0n) is 17.9. The molecule has 2 aromatic rings. The molecular weight excluding hydrogens is 479 g/mol. The summed E-state index contributed by atoms with van der Waals surface area (Å²) >= 11 is 12.3. The third-order valence-electron chi connectivity index (χ3n) is 6.48. The highest BCUT2D eigenvalue weighted by Gasteiger charge is 2.48. The van der Waals surface area contributed by atoms with E-state index in [1.807, 2.05) is 12.2 Å². The highest BCUT2D eigenvalue weighted by molar-refractivity contribution is 6.44.